The summed E-state index contributed by atoms with van der Waals surface area (Å²) in [4.78, 5) is 22.6. The third-order valence-electron chi connectivity index (χ3n) is 3.99. The molecule has 0 bridgehead atoms. The van der Waals surface area contributed by atoms with Crippen molar-refractivity contribution in [3.8, 4) is 11.3 Å². The Labute approximate surface area is 155 Å². The standard InChI is InChI=1S/C20H17N3O4/c1-13-3-6-15(7-4-13)20(24)22-21-12-17-9-10-19(27-17)16-8-5-14(2)18(11-16)23(25)26/h3-12H,1-2H3,(H,22,24)/b21-12-. The predicted octanol–water partition coefficient (Wildman–Crippen LogP) is 4.24. The summed E-state index contributed by atoms with van der Waals surface area (Å²) in [5.74, 6) is 0.564. The van der Waals surface area contributed by atoms with Crippen molar-refractivity contribution in [2.45, 2.75) is 13.8 Å². The van der Waals surface area contributed by atoms with Crippen LogP contribution in [-0.4, -0.2) is 17.0 Å². The van der Waals surface area contributed by atoms with E-state index in [0.29, 0.717) is 28.2 Å². The third kappa shape index (κ3) is 4.27. The molecular weight excluding hydrogens is 346 g/mol. The van der Waals surface area contributed by atoms with E-state index in [2.05, 4.69) is 10.5 Å². The Balaban J connectivity index is 1.70. The number of nitro benzene ring substituents is 1. The van der Waals surface area contributed by atoms with E-state index in [0.717, 1.165) is 5.56 Å². The highest BCUT2D eigenvalue weighted by atomic mass is 16.6. The molecule has 0 fully saturated rings. The molecule has 1 heterocycles. The zero-order valence-corrected chi connectivity index (χ0v) is 14.8. The van der Waals surface area contributed by atoms with Crippen LogP contribution in [0.3, 0.4) is 0 Å². The Bertz CT molecular complexity index is 1020. The number of carbonyl (C=O) groups is 1. The lowest BCUT2D eigenvalue weighted by molar-refractivity contribution is -0.385. The molecule has 1 N–H and O–H groups in total. The van der Waals surface area contributed by atoms with E-state index in [-0.39, 0.29) is 11.6 Å². The van der Waals surface area contributed by atoms with Crippen LogP contribution in [0.1, 0.15) is 27.2 Å². The zero-order chi connectivity index (χ0) is 19.4. The molecule has 0 spiro atoms. The maximum Gasteiger partial charge on any atom is 0.273 e. The van der Waals surface area contributed by atoms with Crippen LogP contribution in [0.2, 0.25) is 0 Å². The molecule has 27 heavy (non-hydrogen) atoms. The van der Waals surface area contributed by atoms with E-state index < -0.39 is 4.92 Å². The molecule has 0 unspecified atom stereocenters. The average Bonchev–Trinajstić information content (AvgIpc) is 3.11. The molecule has 2 aromatic carbocycles. The third-order valence-corrected chi connectivity index (χ3v) is 3.99. The van der Waals surface area contributed by atoms with Crippen LogP contribution in [0.15, 0.2) is 64.1 Å². The molecule has 1 amide bonds. The van der Waals surface area contributed by atoms with E-state index in [1.165, 1.54) is 12.3 Å². The second-order valence-corrected chi connectivity index (χ2v) is 6.03. The number of carbonyl (C=O) groups excluding carboxylic acids is 1. The number of aryl methyl sites for hydroxylation is 2. The monoisotopic (exact) mass is 363 g/mol. The van der Waals surface area contributed by atoms with Crippen LogP contribution >= 0.6 is 0 Å². The van der Waals surface area contributed by atoms with Gasteiger partial charge in [0.1, 0.15) is 11.5 Å². The fraction of sp³-hybridized carbons (Fsp3) is 0.100. The van der Waals surface area contributed by atoms with Gasteiger partial charge in [-0.3, -0.25) is 14.9 Å². The fourth-order valence-electron chi connectivity index (χ4n) is 2.46. The van der Waals surface area contributed by atoms with Gasteiger partial charge in [0.15, 0.2) is 0 Å². The van der Waals surface area contributed by atoms with Crippen LogP contribution in [0.5, 0.6) is 0 Å². The number of furan rings is 1. The van der Waals surface area contributed by atoms with Crippen LogP contribution in [-0.2, 0) is 0 Å². The zero-order valence-electron chi connectivity index (χ0n) is 14.8. The molecule has 7 heteroatoms. The van der Waals surface area contributed by atoms with Crippen molar-refractivity contribution in [3.05, 3.63) is 87.2 Å². The first-order chi connectivity index (χ1) is 12.9. The molecule has 3 aromatic rings. The molecule has 3 rings (SSSR count). The highest BCUT2D eigenvalue weighted by Gasteiger charge is 2.13. The second-order valence-electron chi connectivity index (χ2n) is 6.03. The first kappa shape index (κ1) is 18.1. The predicted molar refractivity (Wildman–Crippen MR) is 102 cm³/mol. The molecule has 0 aliphatic carbocycles. The Hall–Kier alpha value is -3.74. The lowest BCUT2D eigenvalue weighted by Crippen LogP contribution is -2.17. The van der Waals surface area contributed by atoms with Crippen molar-refractivity contribution in [1.82, 2.24) is 5.43 Å². The molecule has 0 aliphatic heterocycles. The molecule has 7 nitrogen and oxygen atoms in total. The molecule has 0 saturated heterocycles. The van der Waals surface area contributed by atoms with Crippen LogP contribution in [0, 0.1) is 24.0 Å². The molecule has 0 saturated carbocycles. The molecule has 1 aromatic heterocycles. The molecule has 0 radical (unpaired) electrons. The minimum atomic E-state index is -0.426. The van der Waals surface area contributed by atoms with Gasteiger partial charge in [0.2, 0.25) is 0 Å². The molecule has 136 valence electrons. The number of hydrogen-bond acceptors (Lipinski definition) is 5. The van der Waals surface area contributed by atoms with Gasteiger partial charge in [-0.2, -0.15) is 5.10 Å². The van der Waals surface area contributed by atoms with Gasteiger partial charge in [-0.15, -0.1) is 0 Å². The van der Waals surface area contributed by atoms with Crippen LogP contribution in [0.4, 0.5) is 5.69 Å². The van der Waals surface area contributed by atoms with Crippen LogP contribution in [0.25, 0.3) is 11.3 Å². The minimum absolute atomic E-state index is 0.0319. The van der Waals surface area contributed by atoms with E-state index in [4.69, 9.17) is 4.42 Å². The summed E-state index contributed by atoms with van der Waals surface area (Å²) in [5.41, 5.74) is 5.20. The first-order valence-electron chi connectivity index (χ1n) is 8.19. The van der Waals surface area contributed by atoms with Crippen molar-refractivity contribution in [2.75, 3.05) is 0 Å². The Kier molecular flexibility index (Phi) is 5.12. The SMILES string of the molecule is Cc1ccc(C(=O)N/N=C\c2ccc(-c3ccc(C)c([N+](=O)[O-])c3)o2)cc1. The van der Waals surface area contributed by atoms with Crippen molar-refractivity contribution in [1.29, 1.82) is 0 Å². The van der Waals surface area contributed by atoms with Crippen molar-refractivity contribution in [3.63, 3.8) is 0 Å². The number of amides is 1. The Morgan fingerprint density at radius 3 is 2.56 bits per heavy atom. The summed E-state index contributed by atoms with van der Waals surface area (Å²) in [5, 5.41) is 14.9. The van der Waals surface area contributed by atoms with Gasteiger partial charge in [-0.25, -0.2) is 5.43 Å². The first-order valence-corrected chi connectivity index (χ1v) is 8.19. The fourth-order valence-corrected chi connectivity index (χ4v) is 2.46. The van der Waals surface area contributed by atoms with E-state index >= 15 is 0 Å². The number of nitrogens with one attached hydrogen (secondary N) is 1. The number of nitro groups is 1. The van der Waals surface area contributed by atoms with Gasteiger partial charge in [-0.1, -0.05) is 29.8 Å². The second kappa shape index (κ2) is 7.65. The Morgan fingerprint density at radius 2 is 1.85 bits per heavy atom. The maximum atomic E-state index is 12.0. The normalized spacial score (nSPS) is 10.9. The summed E-state index contributed by atoms with van der Waals surface area (Å²) in [7, 11) is 0. The Morgan fingerprint density at radius 1 is 1.11 bits per heavy atom. The van der Waals surface area contributed by atoms with Crippen LogP contribution < -0.4 is 5.43 Å². The van der Waals surface area contributed by atoms with Gasteiger partial charge < -0.3 is 4.42 Å². The summed E-state index contributed by atoms with van der Waals surface area (Å²) in [6.07, 6.45) is 1.37. The lowest BCUT2D eigenvalue weighted by Gasteiger charge is -2.00. The largest absolute Gasteiger partial charge is 0.455 e. The summed E-state index contributed by atoms with van der Waals surface area (Å²) in [6.45, 7) is 3.62. The topological polar surface area (TPSA) is 97.7 Å². The molecule has 0 aliphatic rings. The quantitative estimate of drug-likeness (QED) is 0.416. The van der Waals surface area contributed by atoms with Crippen molar-refractivity contribution in [2.24, 2.45) is 5.10 Å². The minimum Gasteiger partial charge on any atom is -0.455 e. The number of hydrazone groups is 1. The summed E-state index contributed by atoms with van der Waals surface area (Å²) < 4.78 is 5.62. The average molecular weight is 363 g/mol. The summed E-state index contributed by atoms with van der Waals surface area (Å²) in [6, 6.07) is 15.4. The van der Waals surface area contributed by atoms with E-state index in [9.17, 15) is 14.9 Å². The van der Waals surface area contributed by atoms with E-state index in [1.54, 1.807) is 43.3 Å². The number of nitrogens with zero attached hydrogens (tertiary/aromatic N) is 2. The number of hydrogen-bond donors (Lipinski definition) is 1. The van der Waals surface area contributed by atoms with Gasteiger partial charge in [-0.05, 0) is 38.1 Å². The highest BCUT2D eigenvalue weighted by Crippen LogP contribution is 2.27. The number of benzene rings is 2. The van der Waals surface area contributed by atoms with Crippen molar-refractivity contribution >= 4 is 17.8 Å². The lowest BCUT2D eigenvalue weighted by atomic mass is 10.1. The summed E-state index contributed by atoms with van der Waals surface area (Å²) >= 11 is 0. The smallest absolute Gasteiger partial charge is 0.273 e. The van der Waals surface area contributed by atoms with Gasteiger partial charge in [0.05, 0.1) is 11.1 Å². The number of rotatable bonds is 5. The highest BCUT2D eigenvalue weighted by molar-refractivity contribution is 5.94. The molecular formula is C20H17N3O4. The van der Waals surface area contributed by atoms with Gasteiger partial charge in [0.25, 0.3) is 11.6 Å². The van der Waals surface area contributed by atoms with E-state index in [1.807, 2.05) is 19.1 Å². The van der Waals surface area contributed by atoms with Crippen molar-refractivity contribution < 1.29 is 14.1 Å². The molecule has 0 atom stereocenters. The van der Waals surface area contributed by atoms with Gasteiger partial charge >= 0.3 is 0 Å². The van der Waals surface area contributed by atoms with Gasteiger partial charge in [0, 0.05) is 22.8 Å². The maximum absolute atomic E-state index is 12.0.